The summed E-state index contributed by atoms with van der Waals surface area (Å²) < 4.78 is 24.1. The molecule has 6 heteroatoms. The molecule has 1 aliphatic rings. The third-order valence-electron chi connectivity index (χ3n) is 4.15. The third-order valence-corrected chi connectivity index (χ3v) is 4.15. The van der Waals surface area contributed by atoms with Gasteiger partial charge in [-0.25, -0.2) is 4.39 Å². The maximum Gasteiger partial charge on any atom is 0.242 e. The zero-order valence-corrected chi connectivity index (χ0v) is 14.8. The van der Waals surface area contributed by atoms with Crippen LogP contribution in [0.3, 0.4) is 0 Å². The average Bonchev–Trinajstić information content (AvgIpc) is 2.88. The molecule has 2 N–H and O–H groups in total. The van der Waals surface area contributed by atoms with Crippen molar-refractivity contribution in [1.29, 1.82) is 0 Å². The molecule has 1 aliphatic heterocycles. The maximum absolute atomic E-state index is 12.9. The van der Waals surface area contributed by atoms with E-state index in [9.17, 15) is 9.18 Å². The van der Waals surface area contributed by atoms with Crippen molar-refractivity contribution < 1.29 is 18.7 Å². The number of benzene rings is 2. The molecule has 2 aromatic carbocycles. The smallest absolute Gasteiger partial charge is 0.242 e. The van der Waals surface area contributed by atoms with E-state index >= 15 is 0 Å². The molecule has 0 spiro atoms. The summed E-state index contributed by atoms with van der Waals surface area (Å²) in [5.41, 5.74) is 1.78. The Morgan fingerprint density at radius 1 is 1.12 bits per heavy atom. The summed E-state index contributed by atoms with van der Waals surface area (Å²) in [6.45, 7) is 3.57. The van der Waals surface area contributed by atoms with Crippen LogP contribution in [0.5, 0.6) is 11.5 Å². The van der Waals surface area contributed by atoms with Gasteiger partial charge in [0.25, 0.3) is 0 Å². The second-order valence-electron chi connectivity index (χ2n) is 6.25. The number of anilines is 1. The van der Waals surface area contributed by atoms with Gasteiger partial charge in [-0.2, -0.15) is 0 Å². The van der Waals surface area contributed by atoms with Crippen molar-refractivity contribution in [2.45, 2.75) is 25.8 Å². The van der Waals surface area contributed by atoms with Crippen LogP contribution in [0, 0.1) is 5.82 Å². The number of nitrogens with one attached hydrogen (secondary N) is 2. The molecule has 26 heavy (non-hydrogen) atoms. The lowest BCUT2D eigenvalue weighted by molar-refractivity contribution is -0.121. The summed E-state index contributed by atoms with van der Waals surface area (Å²) >= 11 is 0. The Bertz CT molecular complexity index is 749. The predicted molar refractivity (Wildman–Crippen MR) is 98.2 cm³/mol. The minimum Gasteiger partial charge on any atom is -0.490 e. The van der Waals surface area contributed by atoms with Crippen molar-refractivity contribution in [3.8, 4) is 11.5 Å². The second kappa shape index (κ2) is 8.56. The van der Waals surface area contributed by atoms with Crippen LogP contribution in [-0.2, 0) is 11.2 Å². The SMILES string of the molecule is C[C@H](Nc1ccc2c(c1)OCCCO2)C(=O)NCCc1ccc(F)cc1. The van der Waals surface area contributed by atoms with E-state index in [0.717, 1.165) is 23.4 Å². The molecule has 138 valence electrons. The van der Waals surface area contributed by atoms with Gasteiger partial charge in [-0.15, -0.1) is 0 Å². The Morgan fingerprint density at radius 2 is 1.85 bits per heavy atom. The normalized spacial score (nSPS) is 14.2. The Morgan fingerprint density at radius 3 is 2.62 bits per heavy atom. The van der Waals surface area contributed by atoms with Crippen molar-refractivity contribution in [2.24, 2.45) is 0 Å². The lowest BCUT2D eigenvalue weighted by Crippen LogP contribution is -2.38. The van der Waals surface area contributed by atoms with Gasteiger partial charge in [0.05, 0.1) is 13.2 Å². The molecule has 1 amide bonds. The van der Waals surface area contributed by atoms with Gasteiger partial charge in [-0.1, -0.05) is 12.1 Å². The molecule has 0 saturated heterocycles. The van der Waals surface area contributed by atoms with E-state index in [1.54, 1.807) is 19.1 Å². The highest BCUT2D eigenvalue weighted by Gasteiger charge is 2.15. The fourth-order valence-corrected chi connectivity index (χ4v) is 2.70. The van der Waals surface area contributed by atoms with Crippen LogP contribution in [0.15, 0.2) is 42.5 Å². The molecule has 0 aliphatic carbocycles. The molecule has 0 bridgehead atoms. The minimum atomic E-state index is -0.395. The molecule has 1 heterocycles. The van der Waals surface area contributed by atoms with Crippen LogP contribution in [0.1, 0.15) is 18.9 Å². The monoisotopic (exact) mass is 358 g/mol. The van der Waals surface area contributed by atoms with Crippen molar-refractivity contribution in [3.05, 3.63) is 53.8 Å². The van der Waals surface area contributed by atoms with Crippen LogP contribution in [-0.4, -0.2) is 31.7 Å². The van der Waals surface area contributed by atoms with Gasteiger partial charge in [0, 0.05) is 24.7 Å². The second-order valence-corrected chi connectivity index (χ2v) is 6.25. The van der Waals surface area contributed by atoms with Gasteiger partial charge < -0.3 is 20.1 Å². The van der Waals surface area contributed by atoms with E-state index in [1.165, 1.54) is 12.1 Å². The Balaban J connectivity index is 1.49. The first kappa shape index (κ1) is 18.0. The van der Waals surface area contributed by atoms with Crippen molar-refractivity contribution >= 4 is 11.6 Å². The molecule has 5 nitrogen and oxygen atoms in total. The Kier molecular flexibility index (Phi) is 5.94. The van der Waals surface area contributed by atoms with Crippen LogP contribution in [0.25, 0.3) is 0 Å². The maximum atomic E-state index is 12.9. The van der Waals surface area contributed by atoms with Gasteiger partial charge in [0.2, 0.25) is 5.91 Å². The largest absolute Gasteiger partial charge is 0.490 e. The summed E-state index contributed by atoms with van der Waals surface area (Å²) in [5, 5.41) is 6.06. The highest BCUT2D eigenvalue weighted by molar-refractivity contribution is 5.84. The summed E-state index contributed by atoms with van der Waals surface area (Å²) in [7, 11) is 0. The molecule has 3 rings (SSSR count). The number of ether oxygens (including phenoxy) is 2. The van der Waals surface area contributed by atoms with E-state index in [1.807, 2.05) is 18.2 Å². The summed E-state index contributed by atoms with van der Waals surface area (Å²) in [6, 6.07) is 11.5. The molecule has 0 fully saturated rings. The van der Waals surface area contributed by atoms with Crippen molar-refractivity contribution in [1.82, 2.24) is 5.32 Å². The van der Waals surface area contributed by atoms with Crippen LogP contribution >= 0.6 is 0 Å². The first-order chi connectivity index (χ1) is 12.6. The van der Waals surface area contributed by atoms with Gasteiger partial charge in [-0.05, 0) is 43.2 Å². The van der Waals surface area contributed by atoms with Gasteiger partial charge >= 0.3 is 0 Å². The number of carbonyl (C=O) groups excluding carboxylic acids is 1. The van der Waals surface area contributed by atoms with E-state index in [0.29, 0.717) is 31.9 Å². The quantitative estimate of drug-likeness (QED) is 0.833. The molecule has 0 saturated carbocycles. The number of hydrogen-bond acceptors (Lipinski definition) is 4. The summed E-state index contributed by atoms with van der Waals surface area (Å²) in [6.07, 6.45) is 1.51. The van der Waals surface area contributed by atoms with Gasteiger partial charge in [0.1, 0.15) is 11.9 Å². The average molecular weight is 358 g/mol. The van der Waals surface area contributed by atoms with E-state index < -0.39 is 6.04 Å². The molecule has 1 atom stereocenters. The number of carbonyl (C=O) groups is 1. The van der Waals surface area contributed by atoms with Crippen molar-refractivity contribution in [2.75, 3.05) is 25.1 Å². The highest BCUT2D eigenvalue weighted by atomic mass is 19.1. The highest BCUT2D eigenvalue weighted by Crippen LogP contribution is 2.32. The molecule has 0 aromatic heterocycles. The van der Waals surface area contributed by atoms with Gasteiger partial charge in [0.15, 0.2) is 11.5 Å². The standard InChI is InChI=1S/C20H23FN2O3/c1-14(20(24)22-10-9-15-3-5-16(21)6-4-15)23-17-7-8-18-19(13-17)26-12-2-11-25-18/h3-8,13-14,23H,2,9-12H2,1H3,(H,22,24)/t14-/m0/s1. The molecule has 0 unspecified atom stereocenters. The van der Waals surface area contributed by atoms with E-state index in [4.69, 9.17) is 9.47 Å². The number of fused-ring (bicyclic) bond motifs is 1. The predicted octanol–water partition coefficient (Wildman–Crippen LogP) is 3.15. The number of amides is 1. The van der Waals surface area contributed by atoms with Crippen molar-refractivity contribution in [3.63, 3.8) is 0 Å². The van der Waals surface area contributed by atoms with Gasteiger partial charge in [-0.3, -0.25) is 4.79 Å². The third kappa shape index (κ3) is 4.88. The minimum absolute atomic E-state index is 0.0979. The van der Waals surface area contributed by atoms with E-state index in [2.05, 4.69) is 10.6 Å². The summed E-state index contributed by atoms with van der Waals surface area (Å²) in [5.74, 6) is 1.06. The number of hydrogen-bond donors (Lipinski definition) is 2. The van der Waals surface area contributed by atoms with E-state index in [-0.39, 0.29) is 11.7 Å². The first-order valence-electron chi connectivity index (χ1n) is 8.80. The fraction of sp³-hybridized carbons (Fsp3) is 0.350. The lowest BCUT2D eigenvalue weighted by atomic mass is 10.1. The van der Waals surface area contributed by atoms with Crippen LogP contribution in [0.4, 0.5) is 10.1 Å². The lowest BCUT2D eigenvalue weighted by Gasteiger charge is -2.16. The molecular weight excluding hydrogens is 335 g/mol. The van der Waals surface area contributed by atoms with Crippen LogP contribution < -0.4 is 20.1 Å². The fourth-order valence-electron chi connectivity index (χ4n) is 2.70. The zero-order valence-electron chi connectivity index (χ0n) is 14.8. The molecule has 0 radical (unpaired) electrons. The Hall–Kier alpha value is -2.76. The number of halogens is 1. The Labute approximate surface area is 152 Å². The summed E-state index contributed by atoms with van der Waals surface area (Å²) in [4.78, 5) is 12.2. The zero-order chi connectivity index (χ0) is 18.4. The van der Waals surface area contributed by atoms with Crippen LogP contribution in [0.2, 0.25) is 0 Å². The topological polar surface area (TPSA) is 59.6 Å². The first-order valence-corrected chi connectivity index (χ1v) is 8.80. The molecule has 2 aromatic rings. The number of rotatable bonds is 6. The molecular formula is C20H23FN2O3.